The third-order valence-corrected chi connectivity index (χ3v) is 5.16. The van der Waals surface area contributed by atoms with Gasteiger partial charge in [0.1, 0.15) is 29.3 Å². The highest BCUT2D eigenvalue weighted by molar-refractivity contribution is 6.39. The third-order valence-electron chi connectivity index (χ3n) is 4.76. The number of cyclic esters (lactones) is 1. The van der Waals surface area contributed by atoms with Crippen LogP contribution in [0.15, 0.2) is 6.07 Å². The molecule has 1 aliphatic heterocycles. The molecule has 1 aliphatic rings. The van der Waals surface area contributed by atoms with Crippen LogP contribution in [0.25, 0.3) is 0 Å². The molecule has 1 aromatic carbocycles. The van der Waals surface area contributed by atoms with E-state index in [0.29, 0.717) is 0 Å². The number of halogens is 1. The van der Waals surface area contributed by atoms with Gasteiger partial charge in [-0.1, -0.05) is 18.5 Å². The lowest BCUT2D eigenvalue weighted by Crippen LogP contribution is -2.35. The molecule has 0 saturated heterocycles. The quantitative estimate of drug-likeness (QED) is 0.298. The number of Topliss-reactive ketones (excluding diaryl/α,β-unsaturated/α-hetero) is 2. The number of aliphatic hydroxyl groups excluding tert-OH is 3. The van der Waals surface area contributed by atoms with Crippen molar-refractivity contribution >= 4 is 29.1 Å². The number of fused-ring (bicyclic) bond motifs is 1. The smallest absolute Gasteiger partial charge is 0.342 e. The Morgan fingerprint density at radius 3 is 2.28 bits per heavy atom. The van der Waals surface area contributed by atoms with Gasteiger partial charge in [0, 0.05) is 18.1 Å². The highest BCUT2D eigenvalue weighted by Gasteiger charge is 2.35. The molecule has 2 unspecified atom stereocenters. The van der Waals surface area contributed by atoms with Gasteiger partial charge in [0.15, 0.2) is 0 Å². The van der Waals surface area contributed by atoms with Crippen LogP contribution >= 0.6 is 11.6 Å². The molecule has 0 bridgehead atoms. The van der Waals surface area contributed by atoms with Gasteiger partial charge in [-0.2, -0.15) is 0 Å². The minimum atomic E-state index is -2.02. The standard InChI is InChI=1S/C19H23ClO9/c1-7-3-8(2)29-19(28)14-9(21)5-10(22)16(20)15(14)18(27)13(25)6-12(24)17(26)11(23)4-7/h5,7-8,11,13,18,21-23,25,27H,3-4,6H2,1-2H3/t7?,8-,11?,13-,18+/m0/s1. The minimum Gasteiger partial charge on any atom is -0.507 e. The zero-order valence-corrected chi connectivity index (χ0v) is 16.6. The van der Waals surface area contributed by atoms with Gasteiger partial charge in [-0.05, 0) is 25.7 Å². The molecular weight excluding hydrogens is 408 g/mol. The normalized spacial score (nSPS) is 29.7. The Balaban J connectivity index is 2.58. The first-order chi connectivity index (χ1) is 13.4. The van der Waals surface area contributed by atoms with Crippen LogP contribution in [0.4, 0.5) is 0 Å². The fourth-order valence-electron chi connectivity index (χ4n) is 3.36. The molecule has 0 fully saturated rings. The van der Waals surface area contributed by atoms with E-state index >= 15 is 0 Å². The van der Waals surface area contributed by atoms with Crippen molar-refractivity contribution in [2.24, 2.45) is 5.92 Å². The predicted molar refractivity (Wildman–Crippen MR) is 99.7 cm³/mol. The Morgan fingerprint density at radius 2 is 1.66 bits per heavy atom. The van der Waals surface area contributed by atoms with Crippen molar-refractivity contribution < 1.29 is 44.7 Å². The summed E-state index contributed by atoms with van der Waals surface area (Å²) in [7, 11) is 0. The zero-order chi connectivity index (χ0) is 22.0. The van der Waals surface area contributed by atoms with Gasteiger partial charge < -0.3 is 30.3 Å². The summed E-state index contributed by atoms with van der Waals surface area (Å²) in [4.78, 5) is 36.8. The van der Waals surface area contributed by atoms with Crippen LogP contribution in [0, 0.1) is 5.92 Å². The lowest BCUT2D eigenvalue weighted by Gasteiger charge is -2.25. The number of aromatic hydroxyl groups is 2. The van der Waals surface area contributed by atoms with E-state index in [0.717, 1.165) is 6.07 Å². The molecule has 5 N–H and O–H groups in total. The summed E-state index contributed by atoms with van der Waals surface area (Å²) in [5.41, 5.74) is -1.12. The number of benzene rings is 1. The topological polar surface area (TPSA) is 162 Å². The molecule has 0 aliphatic carbocycles. The molecule has 1 heterocycles. The largest absolute Gasteiger partial charge is 0.507 e. The van der Waals surface area contributed by atoms with Gasteiger partial charge in [0.05, 0.1) is 17.2 Å². The SMILES string of the molecule is CC1CC(O)C(=O)C(=O)C[C@H](O)[C@@H](O)c2c(Cl)c(O)cc(O)c2C(=O)O[C@@H](C)C1. The van der Waals surface area contributed by atoms with Crippen LogP contribution < -0.4 is 0 Å². The highest BCUT2D eigenvalue weighted by Crippen LogP contribution is 2.41. The van der Waals surface area contributed by atoms with Crippen molar-refractivity contribution in [2.75, 3.05) is 0 Å². The Kier molecular flexibility index (Phi) is 7.23. The molecule has 2 rings (SSSR count). The number of ketones is 2. The molecule has 0 radical (unpaired) electrons. The highest BCUT2D eigenvalue weighted by atomic mass is 35.5. The number of esters is 1. The molecule has 10 heteroatoms. The molecule has 29 heavy (non-hydrogen) atoms. The molecule has 5 atom stereocenters. The Labute approximate surface area is 171 Å². The number of ether oxygens (including phenoxy) is 1. The lowest BCUT2D eigenvalue weighted by atomic mass is 9.90. The number of phenolic OH excluding ortho intramolecular Hbond substituents is 2. The third kappa shape index (κ3) is 5.05. The van der Waals surface area contributed by atoms with E-state index in [1.165, 1.54) is 0 Å². The van der Waals surface area contributed by atoms with E-state index in [-0.39, 0.29) is 18.8 Å². The minimum absolute atomic E-state index is 0.0628. The predicted octanol–water partition coefficient (Wildman–Crippen LogP) is 1.01. The molecule has 160 valence electrons. The van der Waals surface area contributed by atoms with Crippen molar-refractivity contribution in [1.82, 2.24) is 0 Å². The molecule has 0 amide bonds. The van der Waals surface area contributed by atoms with Crippen LogP contribution in [0.1, 0.15) is 55.1 Å². The number of carbonyl (C=O) groups is 3. The number of hydrogen-bond acceptors (Lipinski definition) is 9. The van der Waals surface area contributed by atoms with Crippen molar-refractivity contribution in [3.05, 3.63) is 22.2 Å². The van der Waals surface area contributed by atoms with Crippen LogP contribution in [-0.2, 0) is 14.3 Å². The maximum Gasteiger partial charge on any atom is 0.342 e. The zero-order valence-electron chi connectivity index (χ0n) is 15.8. The summed E-state index contributed by atoms with van der Waals surface area (Å²) in [5, 5.41) is 50.1. The molecule has 0 spiro atoms. The first-order valence-corrected chi connectivity index (χ1v) is 9.38. The van der Waals surface area contributed by atoms with Crippen molar-refractivity contribution in [3.63, 3.8) is 0 Å². The fourth-order valence-corrected chi connectivity index (χ4v) is 3.62. The monoisotopic (exact) mass is 430 g/mol. The van der Waals surface area contributed by atoms with E-state index in [4.69, 9.17) is 16.3 Å². The number of phenols is 2. The van der Waals surface area contributed by atoms with Crippen LogP contribution in [0.5, 0.6) is 11.5 Å². The number of aliphatic hydroxyl groups is 3. The first kappa shape index (κ1) is 23.1. The van der Waals surface area contributed by atoms with Crippen LogP contribution in [-0.4, -0.2) is 61.4 Å². The second kappa shape index (κ2) is 9.08. The van der Waals surface area contributed by atoms with Crippen LogP contribution in [0.2, 0.25) is 5.02 Å². The Bertz CT molecular complexity index is 822. The summed E-state index contributed by atoms with van der Waals surface area (Å²) in [6.45, 7) is 3.24. The van der Waals surface area contributed by atoms with Crippen LogP contribution in [0.3, 0.4) is 0 Å². The van der Waals surface area contributed by atoms with E-state index in [1.807, 2.05) is 0 Å². The van der Waals surface area contributed by atoms with Gasteiger partial charge >= 0.3 is 5.97 Å². The fraction of sp³-hybridized carbons (Fsp3) is 0.526. The summed E-state index contributed by atoms with van der Waals surface area (Å²) in [6, 6.07) is 0.781. The van der Waals surface area contributed by atoms with Crippen molar-refractivity contribution in [3.8, 4) is 11.5 Å². The van der Waals surface area contributed by atoms with E-state index in [9.17, 15) is 39.9 Å². The van der Waals surface area contributed by atoms with Gasteiger partial charge in [-0.25, -0.2) is 4.79 Å². The second-order valence-corrected chi connectivity index (χ2v) is 7.71. The Hall–Kier alpha value is -2.20. The average Bonchev–Trinajstić information content (AvgIpc) is 2.61. The van der Waals surface area contributed by atoms with Gasteiger partial charge in [0.25, 0.3) is 0 Å². The van der Waals surface area contributed by atoms with Crippen molar-refractivity contribution in [1.29, 1.82) is 0 Å². The molecule has 0 aromatic heterocycles. The summed E-state index contributed by atoms with van der Waals surface area (Å²) in [6.07, 6.45) is -6.96. The maximum absolute atomic E-state index is 12.6. The maximum atomic E-state index is 12.6. The van der Waals surface area contributed by atoms with Crippen molar-refractivity contribution in [2.45, 2.75) is 57.5 Å². The number of hydrogen-bond donors (Lipinski definition) is 5. The summed E-state index contributed by atoms with van der Waals surface area (Å²) < 4.78 is 5.27. The molecule has 1 aromatic rings. The lowest BCUT2D eigenvalue weighted by molar-refractivity contribution is -0.144. The van der Waals surface area contributed by atoms with E-state index < -0.39 is 76.0 Å². The Morgan fingerprint density at radius 1 is 1.03 bits per heavy atom. The number of rotatable bonds is 0. The summed E-state index contributed by atoms with van der Waals surface area (Å²) in [5.74, 6) is -5.03. The van der Waals surface area contributed by atoms with E-state index in [1.54, 1.807) is 13.8 Å². The summed E-state index contributed by atoms with van der Waals surface area (Å²) >= 11 is 5.98. The van der Waals surface area contributed by atoms with E-state index in [2.05, 4.69) is 0 Å². The molecule has 0 saturated carbocycles. The van der Waals surface area contributed by atoms with Gasteiger partial charge in [0.2, 0.25) is 11.6 Å². The second-order valence-electron chi connectivity index (χ2n) is 7.33. The number of carbonyl (C=O) groups excluding carboxylic acids is 3. The average molecular weight is 431 g/mol. The van der Waals surface area contributed by atoms with Gasteiger partial charge in [-0.3, -0.25) is 9.59 Å². The molecular formula is C19H23ClO9. The van der Waals surface area contributed by atoms with Gasteiger partial charge in [-0.15, -0.1) is 0 Å². The molecule has 9 nitrogen and oxygen atoms in total. The first-order valence-electron chi connectivity index (χ1n) is 9.00.